The van der Waals surface area contributed by atoms with Crippen LogP contribution < -0.4 is 15.0 Å². The fourth-order valence-corrected chi connectivity index (χ4v) is 4.52. The van der Waals surface area contributed by atoms with Gasteiger partial charge in [0.05, 0.1) is 31.7 Å². The van der Waals surface area contributed by atoms with E-state index in [0.29, 0.717) is 34.1 Å². The Morgan fingerprint density at radius 3 is 2.39 bits per heavy atom. The van der Waals surface area contributed by atoms with Crippen molar-refractivity contribution in [2.75, 3.05) is 14.2 Å². The van der Waals surface area contributed by atoms with E-state index in [1.54, 1.807) is 30.5 Å². The molecule has 0 amide bonds. The minimum atomic E-state index is -0.0526. The molecule has 0 bridgehead atoms. The molecule has 31 heavy (non-hydrogen) atoms. The molecule has 0 saturated heterocycles. The first kappa shape index (κ1) is 21.0. The number of fused-ring (bicyclic) bond motifs is 1. The zero-order chi connectivity index (χ0) is 21.8. The minimum Gasteiger partial charge on any atom is -0.493 e. The SMILES string of the molecule is COc1ccc(Cn2c(SC(C)c3ccccc3)nc3ccccc3c2=O)cc1OC. The molecule has 0 fully saturated rings. The van der Waals surface area contributed by atoms with Gasteiger partial charge in [-0.1, -0.05) is 60.3 Å². The van der Waals surface area contributed by atoms with Crippen LogP contribution in [0.2, 0.25) is 0 Å². The van der Waals surface area contributed by atoms with Crippen molar-refractivity contribution in [3.05, 3.63) is 94.3 Å². The van der Waals surface area contributed by atoms with E-state index in [1.807, 2.05) is 60.7 Å². The highest BCUT2D eigenvalue weighted by atomic mass is 32.2. The summed E-state index contributed by atoms with van der Waals surface area (Å²) in [6.07, 6.45) is 0. The number of hydrogen-bond donors (Lipinski definition) is 0. The molecule has 1 heterocycles. The second-order valence-corrected chi connectivity index (χ2v) is 8.47. The van der Waals surface area contributed by atoms with Gasteiger partial charge in [0.15, 0.2) is 16.7 Å². The van der Waals surface area contributed by atoms with Gasteiger partial charge in [-0.25, -0.2) is 4.98 Å². The Morgan fingerprint density at radius 1 is 0.935 bits per heavy atom. The van der Waals surface area contributed by atoms with Crippen LogP contribution in [0.15, 0.2) is 82.7 Å². The van der Waals surface area contributed by atoms with Crippen LogP contribution in [-0.2, 0) is 6.54 Å². The number of hydrogen-bond acceptors (Lipinski definition) is 5. The number of rotatable bonds is 7. The van der Waals surface area contributed by atoms with Gasteiger partial charge in [0.25, 0.3) is 5.56 Å². The first-order chi connectivity index (χ1) is 15.1. The zero-order valence-corrected chi connectivity index (χ0v) is 18.6. The largest absolute Gasteiger partial charge is 0.493 e. The highest BCUT2D eigenvalue weighted by Crippen LogP contribution is 2.34. The summed E-state index contributed by atoms with van der Waals surface area (Å²) in [5, 5.41) is 1.44. The van der Waals surface area contributed by atoms with Gasteiger partial charge >= 0.3 is 0 Å². The number of thioether (sulfide) groups is 1. The highest BCUT2D eigenvalue weighted by Gasteiger charge is 2.16. The minimum absolute atomic E-state index is 0.0526. The highest BCUT2D eigenvalue weighted by molar-refractivity contribution is 7.99. The Balaban J connectivity index is 1.78. The van der Waals surface area contributed by atoms with Gasteiger partial charge in [-0.3, -0.25) is 9.36 Å². The Hall–Kier alpha value is -3.25. The van der Waals surface area contributed by atoms with E-state index in [1.165, 1.54) is 5.56 Å². The van der Waals surface area contributed by atoms with Crippen molar-refractivity contribution >= 4 is 22.7 Å². The van der Waals surface area contributed by atoms with Crippen molar-refractivity contribution in [1.82, 2.24) is 9.55 Å². The lowest BCUT2D eigenvalue weighted by Gasteiger charge is -2.17. The Labute approximate surface area is 185 Å². The second kappa shape index (κ2) is 9.27. The maximum Gasteiger partial charge on any atom is 0.262 e. The predicted molar refractivity (Wildman–Crippen MR) is 125 cm³/mol. The third-order valence-corrected chi connectivity index (χ3v) is 6.31. The summed E-state index contributed by atoms with van der Waals surface area (Å²) >= 11 is 1.59. The summed E-state index contributed by atoms with van der Waals surface area (Å²) in [5.41, 5.74) is 2.78. The lowest BCUT2D eigenvalue weighted by Crippen LogP contribution is -2.24. The third kappa shape index (κ3) is 4.44. The molecule has 6 heteroatoms. The van der Waals surface area contributed by atoms with E-state index in [9.17, 15) is 4.79 Å². The maximum absolute atomic E-state index is 13.4. The van der Waals surface area contributed by atoms with Crippen LogP contribution in [0.3, 0.4) is 0 Å². The van der Waals surface area contributed by atoms with E-state index < -0.39 is 0 Å². The lowest BCUT2D eigenvalue weighted by molar-refractivity contribution is 0.354. The van der Waals surface area contributed by atoms with E-state index in [0.717, 1.165) is 5.56 Å². The van der Waals surface area contributed by atoms with Crippen molar-refractivity contribution < 1.29 is 9.47 Å². The van der Waals surface area contributed by atoms with E-state index in [-0.39, 0.29) is 10.8 Å². The molecule has 1 atom stereocenters. The molecule has 0 radical (unpaired) electrons. The van der Waals surface area contributed by atoms with Crippen LogP contribution in [0.5, 0.6) is 11.5 Å². The van der Waals surface area contributed by atoms with Gasteiger partial charge in [0.2, 0.25) is 0 Å². The van der Waals surface area contributed by atoms with E-state index in [4.69, 9.17) is 14.5 Å². The summed E-state index contributed by atoms with van der Waals surface area (Å²) in [7, 11) is 3.21. The molecule has 0 aliphatic heterocycles. The topological polar surface area (TPSA) is 53.4 Å². The first-order valence-corrected chi connectivity index (χ1v) is 10.9. The third-order valence-electron chi connectivity index (χ3n) is 5.17. The smallest absolute Gasteiger partial charge is 0.262 e. The molecule has 4 aromatic rings. The quantitative estimate of drug-likeness (QED) is 0.292. The van der Waals surface area contributed by atoms with Crippen LogP contribution in [0, 0.1) is 0 Å². The zero-order valence-electron chi connectivity index (χ0n) is 17.7. The second-order valence-electron chi connectivity index (χ2n) is 7.16. The predicted octanol–water partition coefficient (Wildman–Crippen LogP) is 5.32. The number of aromatic nitrogens is 2. The van der Waals surface area contributed by atoms with Gasteiger partial charge in [0.1, 0.15) is 0 Å². The van der Waals surface area contributed by atoms with Crippen LogP contribution in [0.25, 0.3) is 10.9 Å². The van der Waals surface area contributed by atoms with Crippen molar-refractivity contribution in [1.29, 1.82) is 0 Å². The van der Waals surface area contributed by atoms with Crippen LogP contribution >= 0.6 is 11.8 Å². The van der Waals surface area contributed by atoms with Crippen molar-refractivity contribution in [3.63, 3.8) is 0 Å². The van der Waals surface area contributed by atoms with Crippen molar-refractivity contribution in [3.8, 4) is 11.5 Å². The first-order valence-electron chi connectivity index (χ1n) is 10.0. The molecule has 1 aromatic heterocycles. The molecule has 0 saturated carbocycles. The fraction of sp³-hybridized carbons (Fsp3) is 0.200. The molecule has 5 nitrogen and oxygen atoms in total. The number of methoxy groups -OCH3 is 2. The Morgan fingerprint density at radius 2 is 1.65 bits per heavy atom. The normalized spacial score (nSPS) is 12.0. The fourth-order valence-electron chi connectivity index (χ4n) is 3.49. The van der Waals surface area contributed by atoms with E-state index in [2.05, 4.69) is 19.1 Å². The van der Waals surface area contributed by atoms with Crippen LogP contribution in [0.1, 0.15) is 23.3 Å². The number of ether oxygens (including phenoxy) is 2. The summed E-state index contributed by atoms with van der Waals surface area (Å²) in [4.78, 5) is 18.2. The molecule has 0 aliphatic rings. The molecule has 0 aliphatic carbocycles. The number of para-hydroxylation sites is 1. The maximum atomic E-state index is 13.4. The lowest BCUT2D eigenvalue weighted by atomic mass is 10.2. The summed E-state index contributed by atoms with van der Waals surface area (Å²) in [6.45, 7) is 2.52. The monoisotopic (exact) mass is 432 g/mol. The average Bonchev–Trinajstić information content (AvgIpc) is 2.82. The van der Waals surface area contributed by atoms with E-state index >= 15 is 0 Å². The Kier molecular flexibility index (Phi) is 6.28. The Bertz CT molecular complexity index is 1250. The van der Waals surface area contributed by atoms with Crippen molar-refractivity contribution in [2.45, 2.75) is 23.9 Å². The van der Waals surface area contributed by atoms with Gasteiger partial charge in [0, 0.05) is 5.25 Å². The summed E-state index contributed by atoms with van der Waals surface area (Å²) < 4.78 is 12.5. The van der Waals surface area contributed by atoms with Crippen LogP contribution in [-0.4, -0.2) is 23.8 Å². The molecular weight excluding hydrogens is 408 g/mol. The average molecular weight is 433 g/mol. The summed E-state index contributed by atoms with van der Waals surface area (Å²) in [5.74, 6) is 1.29. The molecule has 3 aromatic carbocycles. The number of benzene rings is 3. The number of nitrogens with zero attached hydrogens (tertiary/aromatic N) is 2. The molecule has 0 N–H and O–H groups in total. The van der Waals surface area contributed by atoms with Gasteiger partial charge in [-0.05, 0) is 42.3 Å². The van der Waals surface area contributed by atoms with Gasteiger partial charge in [-0.15, -0.1) is 0 Å². The molecule has 158 valence electrons. The van der Waals surface area contributed by atoms with Crippen molar-refractivity contribution in [2.24, 2.45) is 0 Å². The molecular formula is C25H24N2O3S. The van der Waals surface area contributed by atoms with Crippen LogP contribution in [0.4, 0.5) is 0 Å². The molecule has 1 unspecified atom stereocenters. The standard InChI is InChI=1S/C25H24N2O3S/c1-17(19-9-5-4-6-10-19)31-25-26-21-12-8-7-11-20(21)24(28)27(25)16-18-13-14-22(29-2)23(15-18)30-3/h4-15,17H,16H2,1-3H3. The van der Waals surface area contributed by atoms with Gasteiger partial charge in [-0.2, -0.15) is 0 Å². The molecule has 0 spiro atoms. The summed E-state index contributed by atoms with van der Waals surface area (Å²) in [6, 6.07) is 23.4. The van der Waals surface area contributed by atoms with Gasteiger partial charge < -0.3 is 9.47 Å². The molecule has 4 rings (SSSR count).